The molecule has 0 radical (unpaired) electrons. The Morgan fingerprint density at radius 2 is 0.870 bits per heavy atom. The van der Waals surface area contributed by atoms with Gasteiger partial charge in [0.2, 0.25) is 0 Å². The predicted octanol–water partition coefficient (Wildman–Crippen LogP) is 15.0. The number of benzene rings is 8. The van der Waals surface area contributed by atoms with E-state index in [2.05, 4.69) is 214 Å². The van der Waals surface area contributed by atoms with E-state index in [1.165, 1.54) is 55.1 Å². The molecule has 0 amide bonds. The van der Waals surface area contributed by atoms with Crippen LogP contribution in [-0.4, -0.2) is 0 Å². The molecule has 9 rings (SSSR count). The summed E-state index contributed by atoms with van der Waals surface area (Å²) < 4.78 is 6.64. The van der Waals surface area contributed by atoms with Crippen LogP contribution in [0.1, 0.15) is 26.3 Å². The van der Waals surface area contributed by atoms with E-state index in [0.29, 0.717) is 0 Å². The molecular weight excluding hydrogens is 655 g/mol. The molecule has 0 unspecified atom stereocenters. The number of hydrogen-bond donors (Lipinski definition) is 0. The molecule has 0 N–H and O–H groups in total. The fourth-order valence-electron chi connectivity index (χ4n) is 7.69. The zero-order valence-corrected chi connectivity index (χ0v) is 30.8. The van der Waals surface area contributed by atoms with Gasteiger partial charge in [-0.05, 0) is 98.1 Å². The van der Waals surface area contributed by atoms with E-state index >= 15 is 0 Å². The van der Waals surface area contributed by atoms with E-state index in [-0.39, 0.29) is 5.41 Å². The molecule has 0 aliphatic rings. The highest BCUT2D eigenvalue weighted by atomic mass is 16.3. The molecular formula is C52H41NO. The maximum Gasteiger partial charge on any atom is 0.139 e. The molecule has 0 atom stereocenters. The van der Waals surface area contributed by atoms with Gasteiger partial charge in [0.25, 0.3) is 0 Å². The van der Waals surface area contributed by atoms with Crippen molar-refractivity contribution in [2.24, 2.45) is 0 Å². The number of nitrogens with zero attached hydrogens (tertiary/aromatic N) is 1. The van der Waals surface area contributed by atoms with Gasteiger partial charge in [-0.2, -0.15) is 0 Å². The van der Waals surface area contributed by atoms with E-state index in [9.17, 15) is 0 Å². The molecule has 2 heteroatoms. The van der Waals surface area contributed by atoms with Crippen LogP contribution in [0, 0.1) is 0 Å². The van der Waals surface area contributed by atoms with Gasteiger partial charge in [0, 0.05) is 33.6 Å². The Morgan fingerprint density at radius 3 is 1.52 bits per heavy atom. The van der Waals surface area contributed by atoms with Crippen molar-refractivity contribution in [3.05, 3.63) is 200 Å². The quantitative estimate of drug-likeness (QED) is 0.165. The van der Waals surface area contributed by atoms with Crippen LogP contribution in [0.4, 0.5) is 17.1 Å². The molecule has 0 spiro atoms. The highest BCUT2D eigenvalue weighted by molar-refractivity contribution is 5.91. The molecule has 0 aliphatic heterocycles. The second-order valence-corrected chi connectivity index (χ2v) is 15.0. The van der Waals surface area contributed by atoms with Gasteiger partial charge in [-0.15, -0.1) is 0 Å². The van der Waals surface area contributed by atoms with Crippen LogP contribution in [0.5, 0.6) is 0 Å². The van der Waals surface area contributed by atoms with Crippen molar-refractivity contribution >= 4 is 38.8 Å². The maximum atomic E-state index is 6.64. The largest absolute Gasteiger partial charge is 0.456 e. The van der Waals surface area contributed by atoms with Crippen molar-refractivity contribution in [2.45, 2.75) is 26.2 Å². The van der Waals surface area contributed by atoms with Gasteiger partial charge in [-0.25, -0.2) is 0 Å². The van der Waals surface area contributed by atoms with Crippen LogP contribution in [0.25, 0.3) is 66.4 Å². The van der Waals surface area contributed by atoms with Crippen molar-refractivity contribution in [3.63, 3.8) is 0 Å². The molecule has 1 aromatic heterocycles. The fourth-order valence-corrected chi connectivity index (χ4v) is 7.69. The second kappa shape index (κ2) is 13.7. The van der Waals surface area contributed by atoms with Crippen molar-refractivity contribution in [2.75, 3.05) is 4.90 Å². The third-order valence-electron chi connectivity index (χ3n) is 10.4. The Morgan fingerprint density at radius 1 is 0.370 bits per heavy atom. The smallest absolute Gasteiger partial charge is 0.139 e. The summed E-state index contributed by atoms with van der Waals surface area (Å²) >= 11 is 0. The summed E-state index contributed by atoms with van der Waals surface area (Å²) in [5, 5.41) is 3.66. The van der Waals surface area contributed by atoms with Crippen molar-refractivity contribution < 1.29 is 4.42 Å². The van der Waals surface area contributed by atoms with Crippen molar-refractivity contribution in [1.82, 2.24) is 0 Å². The minimum atomic E-state index is -0.106. The first-order valence-electron chi connectivity index (χ1n) is 18.7. The van der Waals surface area contributed by atoms with Gasteiger partial charge in [-0.1, -0.05) is 166 Å². The van der Waals surface area contributed by atoms with E-state index in [1.807, 2.05) is 6.07 Å². The normalized spacial score (nSPS) is 11.6. The van der Waals surface area contributed by atoms with Gasteiger partial charge in [-0.3, -0.25) is 0 Å². The summed E-state index contributed by atoms with van der Waals surface area (Å²) in [6.45, 7) is 6.79. The first kappa shape index (κ1) is 33.2. The highest BCUT2D eigenvalue weighted by Crippen LogP contribution is 2.44. The van der Waals surface area contributed by atoms with Crippen LogP contribution in [0.2, 0.25) is 0 Å². The zero-order valence-electron chi connectivity index (χ0n) is 30.8. The lowest BCUT2D eigenvalue weighted by Crippen LogP contribution is -2.12. The maximum absolute atomic E-state index is 6.64. The van der Waals surface area contributed by atoms with E-state index < -0.39 is 0 Å². The third-order valence-corrected chi connectivity index (χ3v) is 10.4. The molecule has 0 bridgehead atoms. The first-order valence-corrected chi connectivity index (χ1v) is 18.7. The lowest BCUT2D eigenvalue weighted by atomic mass is 9.83. The second-order valence-electron chi connectivity index (χ2n) is 15.0. The minimum absolute atomic E-state index is 0.106. The number of anilines is 3. The predicted molar refractivity (Wildman–Crippen MR) is 229 cm³/mol. The Bertz CT molecular complexity index is 2710. The van der Waals surface area contributed by atoms with Crippen LogP contribution in [0.15, 0.2) is 199 Å². The Kier molecular flexibility index (Phi) is 8.44. The van der Waals surface area contributed by atoms with Crippen LogP contribution < -0.4 is 4.90 Å². The molecule has 1 heterocycles. The van der Waals surface area contributed by atoms with Crippen molar-refractivity contribution in [3.8, 4) is 44.7 Å². The van der Waals surface area contributed by atoms with E-state index in [0.717, 1.165) is 34.0 Å². The van der Waals surface area contributed by atoms with E-state index in [4.69, 9.17) is 4.42 Å². The summed E-state index contributed by atoms with van der Waals surface area (Å²) in [6, 6.07) is 69.6. The average molecular weight is 696 g/mol. The summed E-state index contributed by atoms with van der Waals surface area (Å²) in [7, 11) is 0. The number of hydrogen-bond acceptors (Lipinski definition) is 2. The monoisotopic (exact) mass is 695 g/mol. The third kappa shape index (κ3) is 6.37. The van der Waals surface area contributed by atoms with Crippen LogP contribution in [-0.2, 0) is 5.41 Å². The number of furan rings is 1. The lowest BCUT2D eigenvalue weighted by molar-refractivity contribution is 0.568. The fraction of sp³-hybridized carbons (Fsp3) is 0.0769. The lowest BCUT2D eigenvalue weighted by Gasteiger charge is -2.27. The number of rotatable bonds is 7. The number of fused-ring (bicyclic) bond motifs is 2. The molecule has 260 valence electrons. The zero-order chi connectivity index (χ0) is 36.6. The first-order chi connectivity index (χ1) is 26.4. The minimum Gasteiger partial charge on any atom is -0.456 e. The Labute approximate surface area is 317 Å². The van der Waals surface area contributed by atoms with Crippen molar-refractivity contribution in [1.29, 1.82) is 0 Å². The summed E-state index contributed by atoms with van der Waals surface area (Å²) in [5.41, 5.74) is 13.5. The Balaban J connectivity index is 1.12. The molecule has 8 aromatic carbocycles. The topological polar surface area (TPSA) is 16.4 Å². The summed E-state index contributed by atoms with van der Waals surface area (Å²) in [6.07, 6.45) is 0. The van der Waals surface area contributed by atoms with Crippen LogP contribution >= 0.6 is 0 Å². The van der Waals surface area contributed by atoms with Gasteiger partial charge in [0.1, 0.15) is 11.3 Å². The SMILES string of the molecule is CC(C)(C)c1c(-c2cccc(N(c3ccc(-c4ccc(-c5ccccc5)cc4)cc3)c3ccc(-c4ccc5ccccc5c4)cc3)c2)oc2ccccc12. The molecule has 0 saturated heterocycles. The molecule has 0 aliphatic carbocycles. The van der Waals surface area contributed by atoms with Gasteiger partial charge >= 0.3 is 0 Å². The Hall–Kier alpha value is -6.64. The van der Waals surface area contributed by atoms with Gasteiger partial charge < -0.3 is 9.32 Å². The number of para-hydroxylation sites is 1. The standard InChI is InChI=1S/C52H41NO/c1-52(2,3)50-48-18-9-10-19-49(48)54-51(50)44-16-11-17-47(35-44)53(46-32-28-41(29-33-46)43-25-24-37-14-7-8-15-42(37)34-43)45-30-26-40(27-31-45)39-22-20-38(21-23-39)36-12-5-4-6-13-36/h4-35H,1-3H3. The molecule has 2 nitrogen and oxygen atoms in total. The summed E-state index contributed by atoms with van der Waals surface area (Å²) in [4.78, 5) is 2.34. The molecule has 54 heavy (non-hydrogen) atoms. The average Bonchev–Trinajstić information content (AvgIpc) is 3.63. The molecule has 0 fully saturated rings. The molecule has 0 saturated carbocycles. The highest BCUT2D eigenvalue weighted by Gasteiger charge is 2.26. The molecule has 9 aromatic rings. The van der Waals surface area contributed by atoms with Crippen LogP contribution in [0.3, 0.4) is 0 Å². The van der Waals surface area contributed by atoms with E-state index in [1.54, 1.807) is 0 Å². The van der Waals surface area contributed by atoms with Gasteiger partial charge in [0.05, 0.1) is 0 Å². The summed E-state index contributed by atoms with van der Waals surface area (Å²) in [5.74, 6) is 0.923. The van der Waals surface area contributed by atoms with Gasteiger partial charge in [0.15, 0.2) is 0 Å².